The van der Waals surface area contributed by atoms with Gasteiger partial charge in [0.25, 0.3) is 0 Å². The number of aliphatic hydroxyl groups is 1. The van der Waals surface area contributed by atoms with Gasteiger partial charge in [0.1, 0.15) is 12.6 Å². The molecule has 0 saturated carbocycles. The van der Waals surface area contributed by atoms with Crippen LogP contribution in [0.2, 0.25) is 0 Å². The zero-order valence-electron chi connectivity index (χ0n) is 18.1. The Hall–Kier alpha value is -0.170. The highest BCUT2D eigenvalue weighted by molar-refractivity contribution is 7.85. The highest BCUT2D eigenvalue weighted by Crippen LogP contribution is 2.15. The second kappa shape index (κ2) is 15.7. The highest BCUT2D eigenvalue weighted by atomic mass is 32.2. The molecule has 1 N–H and O–H groups in total. The first kappa shape index (κ1) is 26.8. The van der Waals surface area contributed by atoms with Crippen molar-refractivity contribution >= 4 is 10.1 Å². The van der Waals surface area contributed by atoms with Crippen LogP contribution in [0.5, 0.6) is 0 Å². The molecule has 0 rings (SSSR count). The number of unbranched alkanes of at least 4 members (excludes halogenated alkanes) is 11. The molecule has 0 aromatic carbocycles. The average molecular weight is 408 g/mol. The van der Waals surface area contributed by atoms with Gasteiger partial charge in [0.15, 0.2) is 0 Å². The van der Waals surface area contributed by atoms with Crippen molar-refractivity contribution in [1.29, 1.82) is 0 Å². The number of hydrogen-bond acceptors (Lipinski definition) is 4. The van der Waals surface area contributed by atoms with Crippen molar-refractivity contribution in [3.63, 3.8) is 0 Å². The summed E-state index contributed by atoms with van der Waals surface area (Å²) in [6.07, 6.45) is 14.7. The lowest BCUT2D eigenvalue weighted by atomic mass is 10.0. The van der Waals surface area contributed by atoms with E-state index in [-0.39, 0.29) is 0 Å². The molecule has 0 aromatic heterocycles. The topological polar surface area (TPSA) is 77.4 Å². The van der Waals surface area contributed by atoms with Crippen LogP contribution in [0.1, 0.15) is 97.8 Å². The summed E-state index contributed by atoms with van der Waals surface area (Å²) in [6.45, 7) is 9.40. The zero-order chi connectivity index (χ0) is 20.6. The number of rotatable bonds is 19. The van der Waals surface area contributed by atoms with E-state index in [9.17, 15) is 18.1 Å². The number of aliphatic hydroxyl groups excluding tert-OH is 1. The van der Waals surface area contributed by atoms with E-state index < -0.39 is 22.0 Å². The molecule has 27 heavy (non-hydrogen) atoms. The second-order valence-electron chi connectivity index (χ2n) is 8.15. The molecular formula is C21H45NO4S. The van der Waals surface area contributed by atoms with Crippen LogP contribution in [0.15, 0.2) is 0 Å². The van der Waals surface area contributed by atoms with Crippen molar-refractivity contribution < 1.29 is 22.6 Å². The van der Waals surface area contributed by atoms with Crippen molar-refractivity contribution in [3.8, 4) is 0 Å². The molecule has 0 saturated heterocycles. The van der Waals surface area contributed by atoms with Gasteiger partial charge >= 0.3 is 0 Å². The van der Waals surface area contributed by atoms with Gasteiger partial charge in [-0.1, -0.05) is 71.1 Å². The van der Waals surface area contributed by atoms with Crippen molar-refractivity contribution in [2.45, 2.75) is 104 Å². The van der Waals surface area contributed by atoms with E-state index in [0.717, 1.165) is 26.1 Å². The summed E-state index contributed by atoms with van der Waals surface area (Å²) < 4.78 is 33.3. The maximum Gasteiger partial charge on any atom is 0.116 e. The predicted octanol–water partition coefficient (Wildman–Crippen LogP) is 4.45. The van der Waals surface area contributed by atoms with Gasteiger partial charge in [0.05, 0.1) is 35.5 Å². The Bertz CT molecular complexity index is 435. The Kier molecular flexibility index (Phi) is 15.6. The summed E-state index contributed by atoms with van der Waals surface area (Å²) in [5.74, 6) is -0.675. The minimum atomic E-state index is -4.37. The Morgan fingerprint density at radius 1 is 0.778 bits per heavy atom. The van der Waals surface area contributed by atoms with E-state index in [1.165, 1.54) is 70.6 Å². The van der Waals surface area contributed by atoms with E-state index in [2.05, 4.69) is 20.8 Å². The molecule has 0 radical (unpaired) electrons. The van der Waals surface area contributed by atoms with Gasteiger partial charge < -0.3 is 14.1 Å². The van der Waals surface area contributed by atoms with Crippen molar-refractivity contribution in [1.82, 2.24) is 0 Å². The van der Waals surface area contributed by atoms with Crippen LogP contribution >= 0.6 is 0 Å². The van der Waals surface area contributed by atoms with Crippen LogP contribution in [0, 0.1) is 0 Å². The molecule has 0 heterocycles. The maximum absolute atomic E-state index is 10.9. The Balaban J connectivity index is 3.87. The van der Waals surface area contributed by atoms with Crippen molar-refractivity contribution in [3.05, 3.63) is 0 Å². The van der Waals surface area contributed by atoms with Crippen LogP contribution < -0.4 is 0 Å². The molecule has 0 fully saturated rings. The number of likely N-dealkylation sites (N-methyl/N-ethyl adjacent to an activating group) is 1. The average Bonchev–Trinajstić information content (AvgIpc) is 2.60. The predicted molar refractivity (Wildman–Crippen MR) is 113 cm³/mol. The van der Waals surface area contributed by atoms with E-state index >= 15 is 0 Å². The Morgan fingerprint density at radius 3 is 1.56 bits per heavy atom. The zero-order valence-corrected chi connectivity index (χ0v) is 18.9. The lowest BCUT2D eigenvalue weighted by Gasteiger charge is -2.38. The lowest BCUT2D eigenvalue weighted by molar-refractivity contribution is -0.927. The summed E-state index contributed by atoms with van der Waals surface area (Å²) in [5.41, 5.74) is 0. The molecule has 5 nitrogen and oxygen atoms in total. The summed E-state index contributed by atoms with van der Waals surface area (Å²) in [4.78, 5) is 0. The third-order valence-electron chi connectivity index (χ3n) is 5.82. The molecule has 0 aliphatic heterocycles. The van der Waals surface area contributed by atoms with Crippen molar-refractivity contribution in [2.75, 3.05) is 31.9 Å². The molecule has 0 aromatic rings. The van der Waals surface area contributed by atoms with Gasteiger partial charge in [-0.05, 0) is 26.7 Å². The number of quaternary nitrogens is 1. The second-order valence-corrected chi connectivity index (χ2v) is 9.60. The Labute approximate surface area is 168 Å². The first-order valence-corrected chi connectivity index (χ1v) is 12.8. The first-order valence-electron chi connectivity index (χ1n) is 11.2. The standard InChI is InChI=1S/C21H45NO4S/c1-4-7-8-9-10-11-12-13-14-15-16-17-18-22(5-2,6-3)19-21(23)20-27(24,25)26/h21,23H,4-20H2,1-3H3. The maximum atomic E-state index is 10.9. The number of nitrogens with zero attached hydrogens (tertiary/aromatic N) is 1. The van der Waals surface area contributed by atoms with Gasteiger partial charge in [0.2, 0.25) is 0 Å². The molecule has 164 valence electrons. The normalized spacial score (nSPS) is 13.8. The molecule has 1 atom stereocenters. The molecule has 0 aliphatic rings. The fraction of sp³-hybridized carbons (Fsp3) is 1.00. The molecule has 0 spiro atoms. The third-order valence-corrected chi connectivity index (χ3v) is 6.62. The summed E-state index contributed by atoms with van der Waals surface area (Å²) in [6, 6.07) is 0. The quantitative estimate of drug-likeness (QED) is 0.195. The highest BCUT2D eigenvalue weighted by Gasteiger charge is 2.27. The van der Waals surface area contributed by atoms with E-state index in [1.807, 2.05) is 0 Å². The van der Waals surface area contributed by atoms with Gasteiger partial charge in [-0.3, -0.25) is 0 Å². The molecule has 0 amide bonds. The van der Waals surface area contributed by atoms with Crippen LogP contribution in [-0.2, 0) is 10.1 Å². The smallest absolute Gasteiger partial charge is 0.116 e. The van der Waals surface area contributed by atoms with E-state index in [1.54, 1.807) is 0 Å². The van der Waals surface area contributed by atoms with Crippen molar-refractivity contribution in [2.24, 2.45) is 0 Å². The van der Waals surface area contributed by atoms with Gasteiger partial charge in [0, 0.05) is 0 Å². The van der Waals surface area contributed by atoms with E-state index in [0.29, 0.717) is 11.0 Å². The lowest BCUT2D eigenvalue weighted by Crippen LogP contribution is -2.53. The third kappa shape index (κ3) is 15.4. The molecular weight excluding hydrogens is 362 g/mol. The minimum Gasteiger partial charge on any atom is -0.748 e. The summed E-state index contributed by atoms with van der Waals surface area (Å²) >= 11 is 0. The molecule has 6 heteroatoms. The largest absolute Gasteiger partial charge is 0.748 e. The minimum absolute atomic E-state index is 0.354. The van der Waals surface area contributed by atoms with Crippen LogP contribution in [0.25, 0.3) is 0 Å². The van der Waals surface area contributed by atoms with Crippen LogP contribution in [-0.4, -0.2) is 60.6 Å². The van der Waals surface area contributed by atoms with Crippen LogP contribution in [0.4, 0.5) is 0 Å². The fourth-order valence-corrected chi connectivity index (χ4v) is 4.49. The SMILES string of the molecule is CCCCCCCCCCCCCC[N+](CC)(CC)CC(O)CS(=O)(=O)[O-]. The van der Waals surface area contributed by atoms with Gasteiger partial charge in [-0.25, -0.2) is 8.42 Å². The monoisotopic (exact) mass is 407 g/mol. The molecule has 0 aliphatic carbocycles. The molecule has 0 bridgehead atoms. The van der Waals surface area contributed by atoms with Gasteiger partial charge in [-0.15, -0.1) is 0 Å². The molecule has 1 unspecified atom stereocenters. The fourth-order valence-electron chi connectivity index (χ4n) is 3.91. The van der Waals surface area contributed by atoms with E-state index in [4.69, 9.17) is 0 Å². The Morgan fingerprint density at radius 2 is 1.19 bits per heavy atom. The number of hydrogen-bond donors (Lipinski definition) is 1. The summed E-state index contributed by atoms with van der Waals surface area (Å²) in [7, 11) is -4.37. The first-order chi connectivity index (χ1) is 12.8. The van der Waals surface area contributed by atoms with Crippen LogP contribution in [0.3, 0.4) is 0 Å². The van der Waals surface area contributed by atoms with Gasteiger partial charge in [-0.2, -0.15) is 0 Å². The summed E-state index contributed by atoms with van der Waals surface area (Å²) in [5, 5.41) is 9.98.